The Morgan fingerprint density at radius 1 is 1.15 bits per heavy atom. The molecular weight excluding hydrogens is 275 g/mol. The van der Waals surface area contributed by atoms with E-state index in [9.17, 15) is 4.39 Å². The van der Waals surface area contributed by atoms with Crippen molar-refractivity contribution in [3.05, 3.63) is 59.7 Å². The van der Waals surface area contributed by atoms with E-state index < -0.39 is 0 Å². The number of hydrogen-bond acceptors (Lipinski definition) is 1. The van der Waals surface area contributed by atoms with E-state index in [4.69, 9.17) is 11.6 Å². The number of rotatable bonds is 3. The summed E-state index contributed by atoms with van der Waals surface area (Å²) in [6.07, 6.45) is 0.999. The van der Waals surface area contributed by atoms with Crippen LogP contribution in [0, 0.1) is 5.82 Å². The summed E-state index contributed by atoms with van der Waals surface area (Å²) in [5, 5.41) is 0. The Morgan fingerprint density at radius 2 is 1.90 bits per heavy atom. The Balaban J connectivity index is 2.22. The summed E-state index contributed by atoms with van der Waals surface area (Å²) >= 11 is 5.97. The summed E-state index contributed by atoms with van der Waals surface area (Å²) in [4.78, 5) is 4.40. The third kappa shape index (κ3) is 2.18. The van der Waals surface area contributed by atoms with Gasteiger partial charge in [0.25, 0.3) is 0 Å². The molecule has 0 spiro atoms. The summed E-state index contributed by atoms with van der Waals surface area (Å²) in [6.45, 7) is 2.12. The first-order valence-electron chi connectivity index (χ1n) is 6.55. The lowest BCUT2D eigenvalue weighted by molar-refractivity contribution is 0.629. The molecule has 20 heavy (non-hydrogen) atoms. The largest absolute Gasteiger partial charge is 0.295 e. The fraction of sp³-hybridized carbons (Fsp3) is 0.188. The predicted molar refractivity (Wildman–Crippen MR) is 80.0 cm³/mol. The predicted octanol–water partition coefficient (Wildman–Crippen LogP) is 4.47. The highest BCUT2D eigenvalue weighted by Gasteiger charge is 2.12. The van der Waals surface area contributed by atoms with Gasteiger partial charge in [0.2, 0.25) is 0 Å². The Hall–Kier alpha value is -1.87. The van der Waals surface area contributed by atoms with E-state index in [0.717, 1.165) is 23.4 Å². The molecule has 0 aliphatic carbocycles. The van der Waals surface area contributed by atoms with Gasteiger partial charge in [-0.1, -0.05) is 19.1 Å². The number of fused-ring (bicyclic) bond motifs is 1. The van der Waals surface area contributed by atoms with E-state index in [0.29, 0.717) is 5.52 Å². The average Bonchev–Trinajstić information content (AvgIpc) is 2.84. The van der Waals surface area contributed by atoms with Crippen LogP contribution in [0.4, 0.5) is 4.39 Å². The molecule has 0 amide bonds. The first-order chi connectivity index (χ1) is 9.72. The molecule has 2 aromatic carbocycles. The second-order valence-electron chi connectivity index (χ2n) is 4.65. The van der Waals surface area contributed by atoms with Crippen molar-refractivity contribution < 1.29 is 4.39 Å². The van der Waals surface area contributed by atoms with E-state index in [2.05, 4.69) is 24.0 Å². The van der Waals surface area contributed by atoms with Crippen LogP contribution in [-0.2, 0) is 12.3 Å². The van der Waals surface area contributed by atoms with Gasteiger partial charge in [0.1, 0.15) is 11.6 Å². The van der Waals surface area contributed by atoms with Gasteiger partial charge in [0.05, 0.1) is 16.9 Å². The number of aromatic nitrogens is 2. The number of imidazole rings is 1. The highest BCUT2D eigenvalue weighted by atomic mass is 35.5. The summed E-state index contributed by atoms with van der Waals surface area (Å²) in [5.41, 5.74) is 3.76. The van der Waals surface area contributed by atoms with Crippen molar-refractivity contribution in [1.29, 1.82) is 0 Å². The van der Waals surface area contributed by atoms with Crippen LogP contribution in [0.15, 0.2) is 42.5 Å². The molecule has 0 aliphatic rings. The third-order valence-corrected chi connectivity index (χ3v) is 3.65. The number of halogens is 2. The van der Waals surface area contributed by atoms with E-state index in [1.807, 2.05) is 16.7 Å². The van der Waals surface area contributed by atoms with Crippen molar-refractivity contribution in [2.75, 3.05) is 0 Å². The average molecular weight is 289 g/mol. The fourth-order valence-electron chi connectivity index (χ4n) is 2.36. The molecule has 0 radical (unpaired) electrons. The van der Waals surface area contributed by atoms with Gasteiger partial charge in [-0.3, -0.25) is 4.57 Å². The minimum absolute atomic E-state index is 0.284. The summed E-state index contributed by atoms with van der Waals surface area (Å²) in [5.74, 6) is 0.715. The minimum Gasteiger partial charge on any atom is -0.295 e. The highest BCUT2D eigenvalue weighted by molar-refractivity contribution is 6.17. The Morgan fingerprint density at radius 3 is 2.55 bits per heavy atom. The van der Waals surface area contributed by atoms with Crippen molar-refractivity contribution >= 4 is 22.6 Å². The van der Waals surface area contributed by atoms with Crippen LogP contribution >= 0.6 is 11.6 Å². The molecule has 0 fully saturated rings. The Kier molecular flexibility index (Phi) is 3.45. The lowest BCUT2D eigenvalue weighted by Gasteiger charge is -2.08. The first kappa shape index (κ1) is 13.1. The van der Waals surface area contributed by atoms with Crippen LogP contribution < -0.4 is 0 Å². The number of nitrogens with zero attached hydrogens (tertiary/aromatic N) is 2. The Labute approximate surface area is 121 Å². The SMILES string of the molecule is CCc1ccc(-n2c(CCl)nc3cc(F)ccc32)cc1. The maximum absolute atomic E-state index is 13.3. The number of alkyl halides is 1. The number of aryl methyl sites for hydroxylation is 1. The molecule has 4 heteroatoms. The van der Waals surface area contributed by atoms with Gasteiger partial charge in [0, 0.05) is 11.8 Å². The number of benzene rings is 2. The van der Waals surface area contributed by atoms with Crippen LogP contribution in [0.25, 0.3) is 16.7 Å². The van der Waals surface area contributed by atoms with Gasteiger partial charge in [-0.25, -0.2) is 9.37 Å². The summed E-state index contributed by atoms with van der Waals surface area (Å²) in [7, 11) is 0. The summed E-state index contributed by atoms with van der Waals surface area (Å²) < 4.78 is 15.3. The molecule has 3 rings (SSSR count). The van der Waals surface area contributed by atoms with Crippen LogP contribution in [-0.4, -0.2) is 9.55 Å². The van der Waals surface area contributed by atoms with E-state index in [1.165, 1.54) is 17.7 Å². The van der Waals surface area contributed by atoms with Crippen LogP contribution in [0.1, 0.15) is 18.3 Å². The van der Waals surface area contributed by atoms with Crippen molar-refractivity contribution in [1.82, 2.24) is 9.55 Å². The molecule has 1 heterocycles. The van der Waals surface area contributed by atoms with Gasteiger partial charge in [-0.15, -0.1) is 11.6 Å². The third-order valence-electron chi connectivity index (χ3n) is 3.41. The molecule has 0 saturated heterocycles. The molecule has 0 aliphatic heterocycles. The second kappa shape index (κ2) is 5.25. The van der Waals surface area contributed by atoms with Crippen LogP contribution in [0.3, 0.4) is 0 Å². The van der Waals surface area contributed by atoms with E-state index in [1.54, 1.807) is 6.07 Å². The lowest BCUT2D eigenvalue weighted by atomic mass is 10.1. The highest BCUT2D eigenvalue weighted by Crippen LogP contribution is 2.23. The van der Waals surface area contributed by atoms with Gasteiger partial charge < -0.3 is 0 Å². The monoisotopic (exact) mass is 288 g/mol. The van der Waals surface area contributed by atoms with Crippen molar-refractivity contribution in [3.8, 4) is 5.69 Å². The van der Waals surface area contributed by atoms with Crippen molar-refractivity contribution in [2.24, 2.45) is 0 Å². The van der Waals surface area contributed by atoms with E-state index in [-0.39, 0.29) is 11.7 Å². The topological polar surface area (TPSA) is 17.8 Å². The normalized spacial score (nSPS) is 11.2. The Bertz CT molecular complexity index is 747. The minimum atomic E-state index is -0.287. The molecule has 0 unspecified atom stereocenters. The molecular formula is C16H14ClFN2. The zero-order valence-corrected chi connectivity index (χ0v) is 11.9. The van der Waals surface area contributed by atoms with Crippen molar-refractivity contribution in [3.63, 3.8) is 0 Å². The van der Waals surface area contributed by atoms with Gasteiger partial charge in [-0.05, 0) is 36.2 Å². The first-order valence-corrected chi connectivity index (χ1v) is 7.08. The molecule has 0 saturated carbocycles. The van der Waals surface area contributed by atoms with Crippen LogP contribution in [0.5, 0.6) is 0 Å². The molecule has 0 bridgehead atoms. The maximum atomic E-state index is 13.3. The molecule has 0 N–H and O–H groups in total. The number of hydrogen-bond donors (Lipinski definition) is 0. The smallest absolute Gasteiger partial charge is 0.129 e. The fourth-order valence-corrected chi connectivity index (χ4v) is 2.54. The van der Waals surface area contributed by atoms with Gasteiger partial charge in [0.15, 0.2) is 0 Å². The van der Waals surface area contributed by atoms with Crippen molar-refractivity contribution in [2.45, 2.75) is 19.2 Å². The lowest BCUT2D eigenvalue weighted by Crippen LogP contribution is -1.99. The quantitative estimate of drug-likeness (QED) is 0.650. The molecule has 102 valence electrons. The maximum Gasteiger partial charge on any atom is 0.129 e. The zero-order chi connectivity index (χ0) is 14.1. The molecule has 1 aromatic heterocycles. The molecule has 0 atom stereocenters. The second-order valence-corrected chi connectivity index (χ2v) is 4.92. The van der Waals surface area contributed by atoms with Gasteiger partial charge >= 0.3 is 0 Å². The van der Waals surface area contributed by atoms with E-state index >= 15 is 0 Å². The summed E-state index contributed by atoms with van der Waals surface area (Å²) in [6, 6.07) is 12.9. The zero-order valence-electron chi connectivity index (χ0n) is 11.1. The standard InChI is InChI=1S/C16H14ClFN2/c1-2-11-3-6-13(7-4-11)20-15-8-5-12(18)9-14(15)19-16(20)10-17/h3-9H,2,10H2,1H3. The molecule has 3 aromatic rings. The van der Waals surface area contributed by atoms with Gasteiger partial charge in [-0.2, -0.15) is 0 Å². The molecule has 2 nitrogen and oxygen atoms in total. The van der Waals surface area contributed by atoms with Crippen LogP contribution in [0.2, 0.25) is 0 Å².